The number of benzene rings is 1. The lowest BCUT2D eigenvalue weighted by Crippen LogP contribution is -2.46. The zero-order valence-corrected chi connectivity index (χ0v) is 15.2. The summed E-state index contributed by atoms with van der Waals surface area (Å²) in [6.45, 7) is -0.187. The van der Waals surface area contributed by atoms with E-state index in [0.717, 1.165) is 18.9 Å². The van der Waals surface area contributed by atoms with Gasteiger partial charge >= 0.3 is 12.2 Å². The second-order valence-electron chi connectivity index (χ2n) is 7.32. The van der Waals surface area contributed by atoms with Crippen molar-refractivity contribution >= 4 is 5.95 Å². The Morgan fingerprint density at radius 2 is 1.97 bits per heavy atom. The van der Waals surface area contributed by atoms with Crippen LogP contribution in [0.15, 0.2) is 24.3 Å². The molecule has 0 amide bonds. The SMILES string of the molecule is N#CN1CC2CC[C@@H](C1)C2Nc1nc(Oc2cccc(F)c2)n(CC(F)(F)F)n1. The molecule has 0 radical (unpaired) electrons. The van der Waals surface area contributed by atoms with E-state index >= 15 is 0 Å². The number of nitrogens with one attached hydrogen (secondary N) is 1. The van der Waals surface area contributed by atoms with E-state index in [9.17, 15) is 17.6 Å². The standard InChI is InChI=1S/C18H18F4N6O/c19-13-2-1-3-14(6-13)29-17-25-16(26-28(17)9-18(20,21)22)24-15-11-4-5-12(15)8-27(7-11)10-23/h1-3,6,11-12,15H,4-5,7-9H2,(H,24,26)/t11-,12?,15?/m0/s1. The highest BCUT2D eigenvalue weighted by molar-refractivity contribution is 5.32. The molecule has 1 aromatic heterocycles. The van der Waals surface area contributed by atoms with E-state index in [1.165, 1.54) is 18.2 Å². The minimum Gasteiger partial charge on any atom is -0.424 e. The molecule has 11 heteroatoms. The van der Waals surface area contributed by atoms with Crippen LogP contribution in [0.4, 0.5) is 23.5 Å². The monoisotopic (exact) mass is 410 g/mol. The molecule has 1 aromatic carbocycles. The lowest BCUT2D eigenvalue weighted by molar-refractivity contribution is -0.143. The third-order valence-electron chi connectivity index (χ3n) is 5.24. The average Bonchev–Trinajstić information content (AvgIpc) is 3.09. The van der Waals surface area contributed by atoms with Crippen LogP contribution in [0.1, 0.15) is 12.8 Å². The quantitative estimate of drug-likeness (QED) is 0.602. The van der Waals surface area contributed by atoms with Crippen LogP contribution in [0.5, 0.6) is 11.8 Å². The number of halogens is 4. The van der Waals surface area contributed by atoms with Gasteiger partial charge in [-0.1, -0.05) is 6.07 Å². The van der Waals surface area contributed by atoms with Crippen LogP contribution in [0.3, 0.4) is 0 Å². The van der Waals surface area contributed by atoms with Gasteiger partial charge in [-0.15, -0.1) is 5.10 Å². The molecule has 0 spiro atoms. The molecule has 4 rings (SSSR count). The van der Waals surface area contributed by atoms with Gasteiger partial charge in [0.15, 0.2) is 6.19 Å². The highest BCUT2D eigenvalue weighted by atomic mass is 19.4. The Kier molecular flexibility index (Phi) is 4.94. The molecule has 1 saturated carbocycles. The van der Waals surface area contributed by atoms with Gasteiger partial charge in [-0.3, -0.25) is 0 Å². The molecule has 154 valence electrons. The molecule has 29 heavy (non-hydrogen) atoms. The Hall–Kier alpha value is -3.03. The van der Waals surface area contributed by atoms with E-state index in [4.69, 9.17) is 10.00 Å². The van der Waals surface area contributed by atoms with Gasteiger partial charge in [-0.25, -0.2) is 9.07 Å². The summed E-state index contributed by atoms with van der Waals surface area (Å²) >= 11 is 0. The first-order chi connectivity index (χ1) is 13.8. The van der Waals surface area contributed by atoms with Gasteiger partial charge in [0.05, 0.1) is 0 Å². The van der Waals surface area contributed by atoms with E-state index in [0.29, 0.717) is 17.8 Å². The molecule has 2 bridgehead atoms. The minimum atomic E-state index is -4.53. The van der Waals surface area contributed by atoms with E-state index in [2.05, 4.69) is 21.6 Å². The summed E-state index contributed by atoms with van der Waals surface area (Å²) in [5.74, 6) is -0.155. The number of hydrogen-bond donors (Lipinski definition) is 1. The average molecular weight is 410 g/mol. The van der Waals surface area contributed by atoms with E-state index in [-0.39, 0.29) is 35.6 Å². The first-order valence-corrected chi connectivity index (χ1v) is 9.17. The molecule has 1 aliphatic carbocycles. The van der Waals surface area contributed by atoms with Crippen LogP contribution < -0.4 is 10.1 Å². The fourth-order valence-corrected chi connectivity index (χ4v) is 4.06. The normalized spacial score (nSPS) is 23.7. The summed E-state index contributed by atoms with van der Waals surface area (Å²) in [5, 5.41) is 16.2. The number of fused-ring (bicyclic) bond motifs is 2. The molecule has 2 heterocycles. The van der Waals surface area contributed by atoms with E-state index in [1.54, 1.807) is 4.90 Å². The topological polar surface area (TPSA) is 79.0 Å². The van der Waals surface area contributed by atoms with Crippen molar-refractivity contribution in [1.82, 2.24) is 19.7 Å². The zero-order valence-electron chi connectivity index (χ0n) is 15.2. The third kappa shape index (κ3) is 4.36. The summed E-state index contributed by atoms with van der Waals surface area (Å²) in [6.07, 6.45) is -0.517. The van der Waals surface area contributed by atoms with Crippen LogP contribution in [-0.2, 0) is 6.54 Å². The fourth-order valence-electron chi connectivity index (χ4n) is 4.06. The summed E-state index contributed by atoms with van der Waals surface area (Å²) in [6, 6.07) is 4.65. The first kappa shape index (κ1) is 19.3. The number of nitriles is 1. The Morgan fingerprint density at radius 3 is 2.59 bits per heavy atom. The van der Waals surface area contributed by atoms with Gasteiger partial charge in [-0.05, 0) is 36.8 Å². The van der Waals surface area contributed by atoms with Crippen LogP contribution in [0.25, 0.3) is 0 Å². The van der Waals surface area contributed by atoms with Crippen molar-refractivity contribution < 1.29 is 22.3 Å². The Labute approximate surface area is 163 Å². The maximum absolute atomic E-state index is 13.4. The number of likely N-dealkylation sites (tertiary alicyclic amines) is 1. The van der Waals surface area contributed by atoms with Crippen LogP contribution >= 0.6 is 0 Å². The van der Waals surface area contributed by atoms with Gasteiger partial charge in [0.2, 0.25) is 5.95 Å². The van der Waals surface area contributed by atoms with Crippen molar-refractivity contribution in [2.45, 2.75) is 31.6 Å². The number of aromatic nitrogens is 3. The molecule has 2 aliphatic rings. The molecule has 1 aliphatic heterocycles. The minimum absolute atomic E-state index is 0.0213. The molecule has 2 unspecified atom stereocenters. The van der Waals surface area contributed by atoms with Gasteiger partial charge < -0.3 is 15.0 Å². The van der Waals surface area contributed by atoms with Crippen LogP contribution in [0.2, 0.25) is 0 Å². The predicted octanol–water partition coefficient (Wildman–Crippen LogP) is 3.38. The fraction of sp³-hybridized carbons (Fsp3) is 0.500. The Bertz CT molecular complexity index is 910. The van der Waals surface area contributed by atoms with Crippen LogP contribution in [0, 0.1) is 29.1 Å². The first-order valence-electron chi connectivity index (χ1n) is 9.17. The van der Waals surface area contributed by atoms with Crippen molar-refractivity contribution in [3.63, 3.8) is 0 Å². The number of alkyl halides is 3. The maximum atomic E-state index is 13.4. The smallest absolute Gasteiger partial charge is 0.408 e. The van der Waals surface area contributed by atoms with Crippen molar-refractivity contribution in [2.75, 3.05) is 18.4 Å². The second kappa shape index (κ2) is 7.42. The van der Waals surface area contributed by atoms with Crippen LogP contribution in [-0.4, -0.2) is 45.0 Å². The number of anilines is 1. The Balaban J connectivity index is 1.56. The molecular formula is C18H18F4N6O. The molecule has 1 N–H and O–H groups in total. The molecule has 7 nitrogen and oxygen atoms in total. The summed E-state index contributed by atoms with van der Waals surface area (Å²) < 4.78 is 58.2. The number of rotatable bonds is 5. The lowest BCUT2D eigenvalue weighted by atomic mass is 9.92. The number of nitrogens with zero attached hydrogens (tertiary/aromatic N) is 5. The second-order valence-corrected chi connectivity index (χ2v) is 7.32. The van der Waals surface area contributed by atoms with Gasteiger partial charge in [0, 0.05) is 25.2 Å². The molecular weight excluding hydrogens is 392 g/mol. The molecule has 2 fully saturated rings. The van der Waals surface area contributed by atoms with Crippen molar-refractivity contribution in [1.29, 1.82) is 5.26 Å². The largest absolute Gasteiger partial charge is 0.424 e. The highest BCUT2D eigenvalue weighted by Crippen LogP contribution is 2.38. The van der Waals surface area contributed by atoms with E-state index in [1.807, 2.05) is 0 Å². The van der Waals surface area contributed by atoms with Gasteiger partial charge in [0.25, 0.3) is 0 Å². The van der Waals surface area contributed by atoms with E-state index < -0.39 is 18.5 Å². The number of hydrogen-bond acceptors (Lipinski definition) is 6. The summed E-state index contributed by atoms with van der Waals surface area (Å²) in [5.41, 5.74) is 0. The number of ether oxygens (including phenoxy) is 1. The molecule has 2 aromatic rings. The number of piperidine rings is 1. The lowest BCUT2D eigenvalue weighted by Gasteiger charge is -2.35. The van der Waals surface area contributed by atoms with Crippen molar-refractivity contribution in [2.24, 2.45) is 11.8 Å². The molecule has 3 atom stereocenters. The highest BCUT2D eigenvalue weighted by Gasteiger charge is 2.42. The zero-order chi connectivity index (χ0) is 20.6. The third-order valence-corrected chi connectivity index (χ3v) is 5.24. The van der Waals surface area contributed by atoms with Crippen molar-refractivity contribution in [3.05, 3.63) is 30.1 Å². The molecule has 1 saturated heterocycles. The Morgan fingerprint density at radius 1 is 1.24 bits per heavy atom. The summed E-state index contributed by atoms with van der Waals surface area (Å²) in [7, 11) is 0. The summed E-state index contributed by atoms with van der Waals surface area (Å²) in [4.78, 5) is 5.77. The van der Waals surface area contributed by atoms with Gasteiger partial charge in [-0.2, -0.15) is 23.4 Å². The maximum Gasteiger partial charge on any atom is 0.408 e. The predicted molar refractivity (Wildman–Crippen MR) is 93.4 cm³/mol. The van der Waals surface area contributed by atoms with Gasteiger partial charge in [0.1, 0.15) is 18.1 Å². The van der Waals surface area contributed by atoms with Crippen molar-refractivity contribution in [3.8, 4) is 18.0 Å².